The first-order valence-corrected chi connectivity index (χ1v) is 7.27. The van der Waals surface area contributed by atoms with Crippen molar-refractivity contribution in [2.75, 3.05) is 20.2 Å². The molecule has 0 saturated carbocycles. The maximum absolute atomic E-state index is 6.08. The Kier molecular flexibility index (Phi) is 4.83. The van der Waals surface area contributed by atoms with E-state index < -0.39 is 0 Å². The van der Waals surface area contributed by atoms with Gasteiger partial charge in [0.15, 0.2) is 0 Å². The first-order chi connectivity index (χ1) is 9.13. The molecule has 0 bridgehead atoms. The lowest BCUT2D eigenvalue weighted by Gasteiger charge is -2.35. The molecule has 0 radical (unpaired) electrons. The standard InChI is InChI=1S/C16H26N2O/c1-4-13-9-15(19-3)6-5-14(13)11-18-8-7-16(17)12(2)10-18/h5-6,9,12,16H,4,7-8,10-11,17H2,1-3H3. The van der Waals surface area contributed by atoms with E-state index >= 15 is 0 Å². The zero-order valence-electron chi connectivity index (χ0n) is 12.4. The van der Waals surface area contributed by atoms with Gasteiger partial charge in [0, 0.05) is 19.1 Å². The predicted octanol–water partition coefficient (Wildman–Crippen LogP) is 2.43. The molecule has 1 aromatic rings. The van der Waals surface area contributed by atoms with Crippen molar-refractivity contribution >= 4 is 0 Å². The summed E-state index contributed by atoms with van der Waals surface area (Å²) in [5.74, 6) is 1.55. The highest BCUT2D eigenvalue weighted by Crippen LogP contribution is 2.22. The Labute approximate surface area is 116 Å². The molecule has 1 fully saturated rings. The highest BCUT2D eigenvalue weighted by atomic mass is 16.5. The van der Waals surface area contributed by atoms with Crippen molar-refractivity contribution in [3.8, 4) is 5.75 Å². The Morgan fingerprint density at radius 2 is 2.16 bits per heavy atom. The minimum atomic E-state index is 0.373. The van der Waals surface area contributed by atoms with Crippen LogP contribution in [0.1, 0.15) is 31.4 Å². The molecule has 1 saturated heterocycles. The average molecular weight is 262 g/mol. The van der Waals surface area contributed by atoms with Crippen LogP contribution in [0.3, 0.4) is 0 Å². The Balaban J connectivity index is 2.06. The first kappa shape index (κ1) is 14.4. The molecular weight excluding hydrogens is 236 g/mol. The van der Waals surface area contributed by atoms with E-state index in [1.54, 1.807) is 7.11 Å². The Morgan fingerprint density at radius 3 is 2.79 bits per heavy atom. The van der Waals surface area contributed by atoms with E-state index in [0.29, 0.717) is 12.0 Å². The number of hydrogen-bond donors (Lipinski definition) is 1. The van der Waals surface area contributed by atoms with Crippen molar-refractivity contribution in [1.82, 2.24) is 4.90 Å². The van der Waals surface area contributed by atoms with Crippen molar-refractivity contribution in [2.24, 2.45) is 11.7 Å². The molecule has 0 spiro atoms. The molecular formula is C16H26N2O. The third-order valence-electron chi connectivity index (χ3n) is 4.24. The van der Waals surface area contributed by atoms with E-state index in [9.17, 15) is 0 Å². The fourth-order valence-corrected chi connectivity index (χ4v) is 2.85. The summed E-state index contributed by atoms with van der Waals surface area (Å²) in [4.78, 5) is 2.52. The molecule has 1 aromatic carbocycles. The quantitative estimate of drug-likeness (QED) is 0.905. The van der Waals surface area contributed by atoms with Gasteiger partial charge in [0.05, 0.1) is 7.11 Å². The van der Waals surface area contributed by atoms with Gasteiger partial charge in [0.25, 0.3) is 0 Å². The second-order valence-corrected chi connectivity index (χ2v) is 5.65. The minimum Gasteiger partial charge on any atom is -0.497 e. The van der Waals surface area contributed by atoms with E-state index in [2.05, 4.69) is 36.9 Å². The molecule has 0 amide bonds. The largest absolute Gasteiger partial charge is 0.497 e. The summed E-state index contributed by atoms with van der Waals surface area (Å²) in [6.07, 6.45) is 2.16. The third-order valence-corrected chi connectivity index (χ3v) is 4.24. The van der Waals surface area contributed by atoms with Crippen LogP contribution in [0.25, 0.3) is 0 Å². The Bertz CT molecular complexity index is 419. The summed E-state index contributed by atoms with van der Waals surface area (Å²) in [6, 6.07) is 6.80. The van der Waals surface area contributed by atoms with Crippen LogP contribution in [-0.4, -0.2) is 31.1 Å². The van der Waals surface area contributed by atoms with Gasteiger partial charge in [-0.3, -0.25) is 4.90 Å². The van der Waals surface area contributed by atoms with Crippen molar-refractivity contribution in [3.05, 3.63) is 29.3 Å². The predicted molar refractivity (Wildman–Crippen MR) is 79.4 cm³/mol. The number of hydrogen-bond acceptors (Lipinski definition) is 3. The number of nitrogens with zero attached hydrogens (tertiary/aromatic N) is 1. The van der Waals surface area contributed by atoms with Crippen molar-refractivity contribution < 1.29 is 4.74 Å². The van der Waals surface area contributed by atoms with Gasteiger partial charge in [-0.05, 0) is 48.6 Å². The van der Waals surface area contributed by atoms with Crippen LogP contribution in [0.15, 0.2) is 18.2 Å². The number of benzene rings is 1. The molecule has 3 nitrogen and oxygen atoms in total. The van der Waals surface area contributed by atoms with Gasteiger partial charge in [0.1, 0.15) is 5.75 Å². The number of likely N-dealkylation sites (tertiary alicyclic amines) is 1. The number of ether oxygens (including phenoxy) is 1. The van der Waals surface area contributed by atoms with Gasteiger partial charge < -0.3 is 10.5 Å². The molecule has 3 heteroatoms. The lowest BCUT2D eigenvalue weighted by molar-refractivity contribution is 0.157. The normalized spacial score (nSPS) is 24.4. The fourth-order valence-electron chi connectivity index (χ4n) is 2.85. The van der Waals surface area contributed by atoms with Gasteiger partial charge in [-0.1, -0.05) is 19.9 Å². The summed E-state index contributed by atoms with van der Waals surface area (Å²) in [5.41, 5.74) is 8.90. The Hall–Kier alpha value is -1.06. The van der Waals surface area contributed by atoms with E-state index in [1.807, 2.05) is 0 Å². The summed E-state index contributed by atoms with van der Waals surface area (Å²) < 4.78 is 5.30. The molecule has 19 heavy (non-hydrogen) atoms. The third kappa shape index (κ3) is 3.48. The first-order valence-electron chi connectivity index (χ1n) is 7.27. The maximum atomic E-state index is 6.08. The number of aryl methyl sites for hydroxylation is 1. The lowest BCUT2D eigenvalue weighted by Crippen LogP contribution is -2.45. The summed E-state index contributed by atoms with van der Waals surface area (Å²) >= 11 is 0. The van der Waals surface area contributed by atoms with Crippen molar-refractivity contribution in [2.45, 2.75) is 39.3 Å². The number of rotatable bonds is 4. The van der Waals surface area contributed by atoms with Crippen molar-refractivity contribution in [1.29, 1.82) is 0 Å². The molecule has 2 rings (SSSR count). The molecule has 1 aliphatic heterocycles. The molecule has 0 aliphatic carbocycles. The van der Waals surface area contributed by atoms with Crippen LogP contribution in [0.5, 0.6) is 5.75 Å². The van der Waals surface area contributed by atoms with E-state index in [-0.39, 0.29) is 0 Å². The minimum absolute atomic E-state index is 0.373. The number of methoxy groups -OCH3 is 1. The van der Waals surface area contributed by atoms with Gasteiger partial charge in [-0.25, -0.2) is 0 Å². The topological polar surface area (TPSA) is 38.5 Å². The SMILES string of the molecule is CCc1cc(OC)ccc1CN1CCC(N)C(C)C1. The van der Waals surface area contributed by atoms with Gasteiger partial charge >= 0.3 is 0 Å². The smallest absolute Gasteiger partial charge is 0.119 e. The second kappa shape index (κ2) is 6.40. The van der Waals surface area contributed by atoms with Crippen LogP contribution in [0.4, 0.5) is 0 Å². The number of nitrogens with two attached hydrogens (primary N) is 1. The summed E-state index contributed by atoms with van der Waals surface area (Å²) in [5, 5.41) is 0. The maximum Gasteiger partial charge on any atom is 0.119 e. The van der Waals surface area contributed by atoms with E-state index in [0.717, 1.165) is 38.2 Å². The van der Waals surface area contributed by atoms with Gasteiger partial charge in [-0.15, -0.1) is 0 Å². The van der Waals surface area contributed by atoms with E-state index in [1.165, 1.54) is 11.1 Å². The van der Waals surface area contributed by atoms with Gasteiger partial charge in [-0.2, -0.15) is 0 Å². The zero-order valence-corrected chi connectivity index (χ0v) is 12.4. The molecule has 1 heterocycles. The van der Waals surface area contributed by atoms with E-state index in [4.69, 9.17) is 10.5 Å². The molecule has 0 aromatic heterocycles. The highest BCUT2D eigenvalue weighted by Gasteiger charge is 2.23. The van der Waals surface area contributed by atoms with Crippen LogP contribution < -0.4 is 10.5 Å². The van der Waals surface area contributed by atoms with Crippen LogP contribution in [0, 0.1) is 5.92 Å². The molecule has 106 valence electrons. The molecule has 1 aliphatic rings. The van der Waals surface area contributed by atoms with Gasteiger partial charge in [0.2, 0.25) is 0 Å². The van der Waals surface area contributed by atoms with Crippen LogP contribution in [-0.2, 0) is 13.0 Å². The fraction of sp³-hybridized carbons (Fsp3) is 0.625. The molecule has 2 atom stereocenters. The lowest BCUT2D eigenvalue weighted by atomic mass is 9.94. The zero-order chi connectivity index (χ0) is 13.8. The summed E-state index contributed by atoms with van der Waals surface area (Å²) in [6.45, 7) is 7.71. The highest BCUT2D eigenvalue weighted by molar-refractivity contribution is 5.35. The molecule has 2 unspecified atom stereocenters. The summed E-state index contributed by atoms with van der Waals surface area (Å²) in [7, 11) is 1.72. The number of piperidine rings is 1. The van der Waals surface area contributed by atoms with Crippen molar-refractivity contribution in [3.63, 3.8) is 0 Å². The monoisotopic (exact) mass is 262 g/mol. The average Bonchev–Trinajstić information content (AvgIpc) is 2.43. The second-order valence-electron chi connectivity index (χ2n) is 5.65. The van der Waals surface area contributed by atoms with Crippen LogP contribution in [0.2, 0.25) is 0 Å². The molecule has 2 N–H and O–H groups in total. The Morgan fingerprint density at radius 1 is 1.37 bits per heavy atom. The van der Waals surface area contributed by atoms with Crippen LogP contribution >= 0.6 is 0 Å².